The third-order valence-electron chi connectivity index (χ3n) is 1.84. The number of amides is 2. The molecule has 0 aromatic carbocycles. The van der Waals surface area contributed by atoms with Crippen molar-refractivity contribution in [1.29, 1.82) is 0 Å². The van der Waals surface area contributed by atoms with Crippen molar-refractivity contribution in [3.05, 3.63) is 0 Å². The average Bonchev–Trinajstić information content (AvgIpc) is 2.26. The summed E-state index contributed by atoms with van der Waals surface area (Å²) in [6.07, 6.45) is 0.885. The zero-order valence-corrected chi connectivity index (χ0v) is 10.7. The Hall–Kier alpha value is -0.750. The highest BCUT2D eigenvalue weighted by Crippen LogP contribution is 2.00. The molecule has 2 amide bonds. The van der Waals surface area contributed by atoms with Gasteiger partial charge in [-0.25, -0.2) is 0 Å². The van der Waals surface area contributed by atoms with Crippen LogP contribution in [0.25, 0.3) is 0 Å². The summed E-state index contributed by atoms with van der Waals surface area (Å²) in [7, 11) is 1.60. The Morgan fingerprint density at radius 2 is 2.12 bits per heavy atom. The fourth-order valence-electron chi connectivity index (χ4n) is 0.958. The van der Waals surface area contributed by atoms with Gasteiger partial charge in [-0.2, -0.15) is 0 Å². The van der Waals surface area contributed by atoms with Gasteiger partial charge in [0, 0.05) is 19.3 Å². The Kier molecular flexibility index (Phi) is 9.03. The van der Waals surface area contributed by atoms with Crippen molar-refractivity contribution in [1.82, 2.24) is 10.2 Å². The fraction of sp³-hybridized carbons (Fsp3) is 0.800. The van der Waals surface area contributed by atoms with Crippen molar-refractivity contribution in [3.8, 4) is 0 Å². The number of rotatable bonds is 8. The Bertz CT molecular complexity index is 224. The summed E-state index contributed by atoms with van der Waals surface area (Å²) in [5, 5.41) is 11.3. The smallest absolute Gasteiger partial charge is 0.239 e. The van der Waals surface area contributed by atoms with Crippen LogP contribution < -0.4 is 5.32 Å². The standard InChI is InChI=1S/C10H20N2O3S/c1-3-4-11-9(14)7-12(2)10(15)8-16-6-5-13/h13H,3-8H2,1-2H3,(H,11,14). The zero-order chi connectivity index (χ0) is 12.4. The first-order chi connectivity index (χ1) is 7.61. The van der Waals surface area contributed by atoms with E-state index < -0.39 is 0 Å². The molecule has 0 spiro atoms. The largest absolute Gasteiger partial charge is 0.396 e. The van der Waals surface area contributed by atoms with E-state index >= 15 is 0 Å². The van der Waals surface area contributed by atoms with Crippen molar-refractivity contribution in [2.24, 2.45) is 0 Å². The van der Waals surface area contributed by atoms with Crippen molar-refractivity contribution in [2.75, 3.05) is 38.2 Å². The lowest BCUT2D eigenvalue weighted by molar-refractivity contribution is -0.132. The lowest BCUT2D eigenvalue weighted by atomic mass is 10.4. The minimum Gasteiger partial charge on any atom is -0.396 e. The quantitative estimate of drug-likeness (QED) is 0.579. The molecule has 0 rings (SSSR count). The van der Waals surface area contributed by atoms with Crippen LogP contribution in [0.1, 0.15) is 13.3 Å². The highest BCUT2D eigenvalue weighted by molar-refractivity contribution is 7.99. The van der Waals surface area contributed by atoms with Crippen LogP contribution in [0, 0.1) is 0 Å². The maximum absolute atomic E-state index is 11.5. The molecule has 0 radical (unpaired) electrons. The van der Waals surface area contributed by atoms with Crippen molar-refractivity contribution in [2.45, 2.75) is 13.3 Å². The minimum absolute atomic E-state index is 0.0681. The topological polar surface area (TPSA) is 69.6 Å². The number of nitrogens with one attached hydrogen (secondary N) is 1. The van der Waals surface area contributed by atoms with Gasteiger partial charge in [0.2, 0.25) is 11.8 Å². The predicted molar refractivity (Wildman–Crippen MR) is 65.3 cm³/mol. The lowest BCUT2D eigenvalue weighted by Crippen LogP contribution is -2.39. The van der Waals surface area contributed by atoms with Crippen LogP contribution in [0.3, 0.4) is 0 Å². The average molecular weight is 248 g/mol. The maximum atomic E-state index is 11.5. The SMILES string of the molecule is CCCNC(=O)CN(C)C(=O)CSCCO. The van der Waals surface area contributed by atoms with Gasteiger partial charge in [0.25, 0.3) is 0 Å². The van der Waals surface area contributed by atoms with Crippen molar-refractivity contribution < 1.29 is 14.7 Å². The molecule has 0 atom stereocenters. The fourth-order valence-corrected chi connectivity index (χ4v) is 1.63. The number of carbonyl (C=O) groups is 2. The maximum Gasteiger partial charge on any atom is 0.239 e. The Morgan fingerprint density at radius 3 is 2.69 bits per heavy atom. The van der Waals surface area contributed by atoms with Crippen LogP contribution in [0.15, 0.2) is 0 Å². The van der Waals surface area contributed by atoms with E-state index in [2.05, 4.69) is 5.32 Å². The summed E-state index contributed by atoms with van der Waals surface area (Å²) in [5.41, 5.74) is 0. The number of nitrogens with zero attached hydrogens (tertiary/aromatic N) is 1. The molecule has 0 fully saturated rings. The van der Waals surface area contributed by atoms with E-state index in [-0.39, 0.29) is 25.0 Å². The molecule has 2 N–H and O–H groups in total. The summed E-state index contributed by atoms with van der Waals surface area (Å²) in [4.78, 5) is 24.2. The number of likely N-dealkylation sites (N-methyl/N-ethyl adjacent to an activating group) is 1. The minimum atomic E-state index is -0.134. The number of aliphatic hydroxyl groups is 1. The van der Waals surface area contributed by atoms with Crippen LogP contribution in [0.2, 0.25) is 0 Å². The van der Waals surface area contributed by atoms with Crippen molar-refractivity contribution in [3.63, 3.8) is 0 Å². The molecular formula is C10H20N2O3S. The third kappa shape index (κ3) is 7.53. The van der Waals surface area contributed by atoms with Gasteiger partial charge in [-0.3, -0.25) is 9.59 Å². The van der Waals surface area contributed by atoms with E-state index in [0.29, 0.717) is 18.1 Å². The van der Waals surface area contributed by atoms with E-state index in [1.54, 1.807) is 7.05 Å². The molecule has 6 heteroatoms. The number of carbonyl (C=O) groups excluding carboxylic acids is 2. The number of hydrogen-bond acceptors (Lipinski definition) is 4. The van der Waals surface area contributed by atoms with Gasteiger partial charge in [0.15, 0.2) is 0 Å². The molecule has 0 heterocycles. The third-order valence-corrected chi connectivity index (χ3v) is 2.76. The number of thioether (sulfide) groups is 1. The molecule has 16 heavy (non-hydrogen) atoms. The second-order valence-corrected chi connectivity index (χ2v) is 4.48. The second kappa shape index (κ2) is 9.47. The van der Waals surface area contributed by atoms with Crippen LogP contribution in [-0.4, -0.2) is 60.1 Å². The van der Waals surface area contributed by atoms with E-state index in [1.807, 2.05) is 6.92 Å². The molecule has 0 aromatic rings. The van der Waals surface area contributed by atoms with Crippen molar-refractivity contribution >= 4 is 23.6 Å². The number of aliphatic hydroxyl groups excluding tert-OH is 1. The molecule has 94 valence electrons. The summed E-state index contributed by atoms with van der Waals surface area (Å²) >= 11 is 1.36. The highest BCUT2D eigenvalue weighted by atomic mass is 32.2. The summed E-state index contributed by atoms with van der Waals surface area (Å²) in [6.45, 7) is 2.78. The predicted octanol–water partition coefficient (Wildman–Crippen LogP) is -0.303. The monoisotopic (exact) mass is 248 g/mol. The summed E-state index contributed by atoms with van der Waals surface area (Å²) in [5.74, 6) is 0.620. The van der Waals surface area contributed by atoms with Crippen LogP contribution in [0.5, 0.6) is 0 Å². The van der Waals surface area contributed by atoms with E-state index in [0.717, 1.165) is 6.42 Å². The summed E-state index contributed by atoms with van der Waals surface area (Å²) in [6, 6.07) is 0. The first-order valence-corrected chi connectivity index (χ1v) is 6.46. The van der Waals surface area contributed by atoms with Gasteiger partial charge in [-0.05, 0) is 6.42 Å². The molecule has 0 saturated heterocycles. The van der Waals surface area contributed by atoms with Gasteiger partial charge in [0.1, 0.15) is 0 Å². The molecular weight excluding hydrogens is 228 g/mol. The first-order valence-electron chi connectivity index (χ1n) is 5.31. The van der Waals surface area contributed by atoms with Crippen LogP contribution in [0.4, 0.5) is 0 Å². The molecule has 0 aromatic heterocycles. The lowest BCUT2D eigenvalue weighted by Gasteiger charge is -2.16. The Labute approximate surface area is 101 Å². The molecule has 0 bridgehead atoms. The molecule has 0 unspecified atom stereocenters. The normalized spacial score (nSPS) is 9.94. The van der Waals surface area contributed by atoms with Gasteiger partial charge >= 0.3 is 0 Å². The molecule has 0 aliphatic heterocycles. The summed E-state index contributed by atoms with van der Waals surface area (Å²) < 4.78 is 0. The van der Waals surface area contributed by atoms with Crippen LogP contribution in [-0.2, 0) is 9.59 Å². The Morgan fingerprint density at radius 1 is 1.44 bits per heavy atom. The van der Waals surface area contributed by atoms with Gasteiger partial charge < -0.3 is 15.3 Å². The van der Waals surface area contributed by atoms with E-state index in [9.17, 15) is 9.59 Å². The zero-order valence-electron chi connectivity index (χ0n) is 9.86. The second-order valence-electron chi connectivity index (χ2n) is 3.38. The molecule has 0 saturated carbocycles. The van der Waals surface area contributed by atoms with Gasteiger partial charge in [0.05, 0.1) is 18.9 Å². The van der Waals surface area contributed by atoms with E-state index in [4.69, 9.17) is 5.11 Å². The molecule has 5 nitrogen and oxygen atoms in total. The van der Waals surface area contributed by atoms with Gasteiger partial charge in [-0.1, -0.05) is 6.92 Å². The van der Waals surface area contributed by atoms with Crippen LogP contribution >= 0.6 is 11.8 Å². The highest BCUT2D eigenvalue weighted by Gasteiger charge is 2.11. The number of hydrogen-bond donors (Lipinski definition) is 2. The Balaban J connectivity index is 3.73. The molecule has 0 aliphatic rings. The van der Waals surface area contributed by atoms with Gasteiger partial charge in [-0.15, -0.1) is 11.8 Å². The van der Waals surface area contributed by atoms with E-state index in [1.165, 1.54) is 16.7 Å². The molecule has 0 aliphatic carbocycles. The first kappa shape index (κ1) is 15.2.